The molecule has 2 heterocycles. The number of anilines is 1. The highest BCUT2D eigenvalue weighted by Crippen LogP contribution is 2.25. The number of pyridine rings is 1. The van der Waals surface area contributed by atoms with Crippen molar-refractivity contribution in [2.75, 3.05) is 24.6 Å². The van der Waals surface area contributed by atoms with E-state index in [1.54, 1.807) is 6.07 Å². The second-order valence-electron chi connectivity index (χ2n) is 5.34. The fourth-order valence-corrected chi connectivity index (χ4v) is 2.69. The van der Waals surface area contributed by atoms with Crippen LogP contribution >= 0.6 is 0 Å². The largest absolute Gasteiger partial charge is 0.478 e. The Balaban J connectivity index is 2.10. The van der Waals surface area contributed by atoms with Gasteiger partial charge in [-0.25, -0.2) is 9.78 Å². The molecular formula is C16H18N2O3. The lowest BCUT2D eigenvalue weighted by molar-refractivity contribution is 0.0696. The Kier molecular flexibility index (Phi) is 3.75. The zero-order valence-electron chi connectivity index (χ0n) is 12.0. The zero-order valence-corrected chi connectivity index (χ0v) is 12.0. The van der Waals surface area contributed by atoms with Crippen LogP contribution in [0.4, 0.5) is 5.82 Å². The molecule has 1 aromatic carbocycles. The third-order valence-corrected chi connectivity index (χ3v) is 3.69. The molecule has 1 unspecified atom stereocenters. The first-order chi connectivity index (χ1) is 10.1. The van der Waals surface area contributed by atoms with Gasteiger partial charge in [0.25, 0.3) is 0 Å². The van der Waals surface area contributed by atoms with Crippen molar-refractivity contribution >= 4 is 22.7 Å². The van der Waals surface area contributed by atoms with E-state index in [4.69, 9.17) is 4.74 Å². The number of carbonyl (C=O) groups is 1. The van der Waals surface area contributed by atoms with Crippen LogP contribution in [-0.2, 0) is 4.74 Å². The summed E-state index contributed by atoms with van der Waals surface area (Å²) in [4.78, 5) is 18.2. The molecule has 5 nitrogen and oxygen atoms in total. The Morgan fingerprint density at radius 3 is 3.05 bits per heavy atom. The van der Waals surface area contributed by atoms with Gasteiger partial charge in [-0.3, -0.25) is 0 Å². The molecule has 1 aliphatic rings. The molecule has 1 aliphatic heterocycles. The first-order valence-corrected chi connectivity index (χ1v) is 7.15. The molecule has 5 heteroatoms. The number of para-hydroxylation sites is 1. The maximum absolute atomic E-state index is 11.6. The molecule has 3 rings (SSSR count). The van der Waals surface area contributed by atoms with Crippen molar-refractivity contribution in [3.05, 3.63) is 35.9 Å². The Labute approximate surface area is 123 Å². The number of benzene rings is 1. The highest BCUT2D eigenvalue weighted by atomic mass is 16.5. The van der Waals surface area contributed by atoms with Crippen LogP contribution in [0.5, 0.6) is 0 Å². The third-order valence-electron chi connectivity index (χ3n) is 3.69. The zero-order chi connectivity index (χ0) is 14.8. The van der Waals surface area contributed by atoms with Gasteiger partial charge in [0.15, 0.2) is 0 Å². The number of carboxylic acid groups (broad SMARTS) is 1. The highest BCUT2D eigenvalue weighted by molar-refractivity contribution is 5.98. The summed E-state index contributed by atoms with van der Waals surface area (Å²) in [5, 5.41) is 10.3. The summed E-state index contributed by atoms with van der Waals surface area (Å²) in [6, 6.07) is 9.29. The second-order valence-corrected chi connectivity index (χ2v) is 5.34. The second kappa shape index (κ2) is 5.69. The Hall–Kier alpha value is -2.14. The molecule has 0 aliphatic carbocycles. The van der Waals surface area contributed by atoms with Crippen molar-refractivity contribution in [1.82, 2.24) is 4.98 Å². The van der Waals surface area contributed by atoms with Gasteiger partial charge >= 0.3 is 5.97 Å². The van der Waals surface area contributed by atoms with Crippen LogP contribution in [0, 0.1) is 0 Å². The van der Waals surface area contributed by atoms with Crippen LogP contribution in [0.15, 0.2) is 30.3 Å². The molecule has 0 amide bonds. The van der Waals surface area contributed by atoms with E-state index in [2.05, 4.69) is 4.98 Å². The van der Waals surface area contributed by atoms with Gasteiger partial charge < -0.3 is 14.7 Å². The number of hydrogen-bond donors (Lipinski definition) is 1. The van der Waals surface area contributed by atoms with Crippen molar-refractivity contribution < 1.29 is 14.6 Å². The summed E-state index contributed by atoms with van der Waals surface area (Å²) < 4.78 is 5.63. The van der Waals surface area contributed by atoms with E-state index < -0.39 is 5.97 Å². The van der Waals surface area contributed by atoms with Crippen molar-refractivity contribution in [3.63, 3.8) is 0 Å². The predicted octanol–water partition coefficient (Wildman–Crippen LogP) is 2.55. The summed E-state index contributed by atoms with van der Waals surface area (Å²) >= 11 is 0. The van der Waals surface area contributed by atoms with E-state index in [1.807, 2.05) is 36.1 Å². The van der Waals surface area contributed by atoms with Crippen LogP contribution < -0.4 is 4.90 Å². The van der Waals surface area contributed by atoms with Crippen LogP contribution in [0.25, 0.3) is 10.9 Å². The highest BCUT2D eigenvalue weighted by Gasteiger charge is 2.22. The summed E-state index contributed by atoms with van der Waals surface area (Å²) in [7, 11) is 0. The van der Waals surface area contributed by atoms with Gasteiger partial charge in [0.1, 0.15) is 11.4 Å². The number of carboxylic acids is 1. The third kappa shape index (κ3) is 2.83. The van der Waals surface area contributed by atoms with Crippen molar-refractivity contribution in [2.45, 2.75) is 19.4 Å². The van der Waals surface area contributed by atoms with Crippen molar-refractivity contribution in [1.29, 1.82) is 0 Å². The topological polar surface area (TPSA) is 62.7 Å². The maximum atomic E-state index is 11.6. The first-order valence-electron chi connectivity index (χ1n) is 7.15. The molecule has 1 N–H and O–H groups in total. The van der Waals surface area contributed by atoms with Crippen molar-refractivity contribution in [3.8, 4) is 0 Å². The van der Waals surface area contributed by atoms with E-state index in [0.29, 0.717) is 19.0 Å². The normalized spacial score (nSPS) is 19.5. The predicted molar refractivity (Wildman–Crippen MR) is 80.9 cm³/mol. The summed E-state index contributed by atoms with van der Waals surface area (Å²) in [5.41, 5.74) is 1.07. The molecule has 1 atom stereocenters. The molecule has 1 saturated heterocycles. The van der Waals surface area contributed by atoms with Gasteiger partial charge in [-0.15, -0.1) is 0 Å². The average Bonchev–Trinajstić information content (AvgIpc) is 2.70. The maximum Gasteiger partial charge on any atom is 0.339 e. The lowest BCUT2D eigenvalue weighted by atomic mass is 10.1. The molecule has 0 radical (unpaired) electrons. The van der Waals surface area contributed by atoms with Crippen LogP contribution in [-0.4, -0.2) is 41.9 Å². The van der Waals surface area contributed by atoms with Crippen molar-refractivity contribution in [2.24, 2.45) is 0 Å². The molecule has 2 aromatic rings. The lowest BCUT2D eigenvalue weighted by Crippen LogP contribution is -2.32. The molecule has 0 spiro atoms. The Morgan fingerprint density at radius 1 is 1.43 bits per heavy atom. The van der Waals surface area contributed by atoms with Gasteiger partial charge in [0.2, 0.25) is 0 Å². The van der Waals surface area contributed by atoms with Gasteiger partial charge in [-0.1, -0.05) is 18.2 Å². The number of hydrogen-bond acceptors (Lipinski definition) is 4. The Bertz CT molecular complexity index is 672. The number of fused-ring (bicyclic) bond motifs is 1. The minimum Gasteiger partial charge on any atom is -0.478 e. The molecule has 0 bridgehead atoms. The van der Waals surface area contributed by atoms with Gasteiger partial charge in [-0.05, 0) is 25.5 Å². The van der Waals surface area contributed by atoms with Crippen LogP contribution in [0.3, 0.4) is 0 Å². The quantitative estimate of drug-likeness (QED) is 0.919. The molecule has 1 aromatic heterocycles. The number of aromatic nitrogens is 1. The minimum absolute atomic E-state index is 0.0717. The Morgan fingerprint density at radius 2 is 2.24 bits per heavy atom. The molecular weight excluding hydrogens is 268 g/mol. The SMILES string of the molecule is CC1CN(c2nc3ccccc3cc2C(=O)O)CCCO1. The smallest absolute Gasteiger partial charge is 0.339 e. The number of rotatable bonds is 2. The van der Waals surface area contributed by atoms with E-state index in [0.717, 1.165) is 23.9 Å². The summed E-state index contributed by atoms with van der Waals surface area (Å²) in [5.74, 6) is -0.403. The minimum atomic E-state index is -0.943. The number of aromatic carboxylic acids is 1. The fraction of sp³-hybridized carbons (Fsp3) is 0.375. The van der Waals surface area contributed by atoms with Gasteiger partial charge in [0.05, 0.1) is 11.6 Å². The lowest BCUT2D eigenvalue weighted by Gasteiger charge is -2.25. The van der Waals surface area contributed by atoms with Gasteiger partial charge in [-0.2, -0.15) is 0 Å². The molecule has 21 heavy (non-hydrogen) atoms. The van der Waals surface area contributed by atoms with E-state index in [-0.39, 0.29) is 11.7 Å². The standard InChI is InChI=1S/C16H18N2O3/c1-11-10-18(7-4-8-21-11)15-13(16(19)20)9-12-5-2-3-6-14(12)17-15/h2-3,5-6,9,11H,4,7-8,10H2,1H3,(H,19,20). The van der Waals surface area contributed by atoms with E-state index >= 15 is 0 Å². The molecule has 110 valence electrons. The van der Waals surface area contributed by atoms with Gasteiger partial charge in [0, 0.05) is 25.1 Å². The number of ether oxygens (including phenoxy) is 1. The first kappa shape index (κ1) is 13.8. The molecule has 1 fully saturated rings. The summed E-state index contributed by atoms with van der Waals surface area (Å²) in [6.07, 6.45) is 0.945. The fourth-order valence-electron chi connectivity index (χ4n) is 2.69. The summed E-state index contributed by atoms with van der Waals surface area (Å²) in [6.45, 7) is 4.12. The van der Waals surface area contributed by atoms with Crippen LogP contribution in [0.2, 0.25) is 0 Å². The molecule has 0 saturated carbocycles. The van der Waals surface area contributed by atoms with Crippen LogP contribution in [0.1, 0.15) is 23.7 Å². The average molecular weight is 286 g/mol. The monoisotopic (exact) mass is 286 g/mol. The van der Waals surface area contributed by atoms with E-state index in [9.17, 15) is 9.90 Å². The number of nitrogens with zero attached hydrogens (tertiary/aromatic N) is 2. The van der Waals surface area contributed by atoms with E-state index in [1.165, 1.54) is 0 Å².